The molecule has 0 aromatic carbocycles. The second-order valence-corrected chi connectivity index (χ2v) is 5.49. The molecular weight excluding hydrogens is 212 g/mol. The molecule has 17 heavy (non-hydrogen) atoms. The van der Waals surface area contributed by atoms with Crippen molar-refractivity contribution in [1.82, 2.24) is 4.90 Å². The minimum atomic E-state index is 0.191. The first-order chi connectivity index (χ1) is 8.36. The van der Waals surface area contributed by atoms with Crippen LogP contribution >= 0.6 is 0 Å². The van der Waals surface area contributed by atoms with Crippen LogP contribution in [0.4, 0.5) is 0 Å². The van der Waals surface area contributed by atoms with Crippen molar-refractivity contribution in [2.75, 3.05) is 13.2 Å². The molecule has 0 amide bonds. The van der Waals surface area contributed by atoms with E-state index in [9.17, 15) is 10.4 Å². The van der Waals surface area contributed by atoms with Crippen molar-refractivity contribution in [3.8, 4) is 6.07 Å². The number of hydrogen-bond donors (Lipinski definition) is 1. The lowest BCUT2D eigenvalue weighted by atomic mass is 9.83. The average Bonchev–Trinajstić information content (AvgIpc) is 2.89. The molecule has 2 aliphatic carbocycles. The van der Waals surface area contributed by atoms with Gasteiger partial charge in [-0.3, -0.25) is 4.90 Å². The molecule has 0 radical (unpaired) electrons. The zero-order chi connectivity index (χ0) is 12.1. The van der Waals surface area contributed by atoms with Crippen molar-refractivity contribution in [2.45, 2.75) is 63.5 Å². The fourth-order valence-corrected chi connectivity index (χ4v) is 3.63. The second-order valence-electron chi connectivity index (χ2n) is 5.49. The highest BCUT2D eigenvalue weighted by atomic mass is 16.3. The van der Waals surface area contributed by atoms with Crippen molar-refractivity contribution < 1.29 is 5.11 Å². The normalized spacial score (nSPS) is 30.6. The summed E-state index contributed by atoms with van der Waals surface area (Å²) < 4.78 is 0. The van der Waals surface area contributed by atoms with Crippen LogP contribution in [0.25, 0.3) is 0 Å². The molecule has 2 atom stereocenters. The molecule has 3 nitrogen and oxygen atoms in total. The summed E-state index contributed by atoms with van der Waals surface area (Å²) in [5.74, 6) is 0.191. The summed E-state index contributed by atoms with van der Waals surface area (Å²) in [5.41, 5.74) is 0. The van der Waals surface area contributed by atoms with E-state index in [1.54, 1.807) is 0 Å². The zero-order valence-corrected chi connectivity index (χ0v) is 10.6. The van der Waals surface area contributed by atoms with Crippen LogP contribution in [0.15, 0.2) is 0 Å². The Bertz CT molecular complexity index is 268. The Hall–Kier alpha value is -0.590. The molecule has 0 aliphatic heterocycles. The average molecular weight is 236 g/mol. The molecule has 0 saturated heterocycles. The van der Waals surface area contributed by atoms with Crippen molar-refractivity contribution in [2.24, 2.45) is 5.92 Å². The van der Waals surface area contributed by atoms with E-state index >= 15 is 0 Å². The van der Waals surface area contributed by atoms with Gasteiger partial charge < -0.3 is 5.11 Å². The number of hydrogen-bond acceptors (Lipinski definition) is 3. The van der Waals surface area contributed by atoms with Gasteiger partial charge in [0.25, 0.3) is 0 Å². The smallest absolute Gasteiger partial charge is 0.0672 e. The van der Waals surface area contributed by atoms with Gasteiger partial charge in [0, 0.05) is 18.6 Å². The lowest BCUT2D eigenvalue weighted by Crippen LogP contribution is -2.48. The highest BCUT2D eigenvalue weighted by molar-refractivity contribution is 4.97. The standard InChI is InChI=1S/C14H24N2O/c15-11-12-5-1-4-8-14(12)16(9-10-17)13-6-2-3-7-13/h12-14,17H,1-10H2. The molecule has 2 saturated carbocycles. The lowest BCUT2D eigenvalue weighted by Gasteiger charge is -2.40. The van der Waals surface area contributed by atoms with E-state index in [1.807, 2.05) is 0 Å². The van der Waals surface area contributed by atoms with Crippen molar-refractivity contribution in [3.63, 3.8) is 0 Å². The molecule has 0 aromatic rings. The van der Waals surface area contributed by atoms with Gasteiger partial charge in [0.15, 0.2) is 0 Å². The third-order valence-corrected chi connectivity index (χ3v) is 4.47. The summed E-state index contributed by atoms with van der Waals surface area (Å²) in [4.78, 5) is 2.46. The number of nitriles is 1. The molecule has 2 aliphatic rings. The highest BCUT2D eigenvalue weighted by Crippen LogP contribution is 2.33. The monoisotopic (exact) mass is 236 g/mol. The van der Waals surface area contributed by atoms with Gasteiger partial charge in [-0.25, -0.2) is 0 Å². The molecular formula is C14H24N2O. The zero-order valence-electron chi connectivity index (χ0n) is 10.6. The summed E-state index contributed by atoms with van der Waals surface area (Å²) in [6.07, 6.45) is 9.80. The van der Waals surface area contributed by atoms with E-state index < -0.39 is 0 Å². The first-order valence-electron chi connectivity index (χ1n) is 7.13. The predicted octanol–water partition coefficient (Wildman–Crippen LogP) is 2.31. The molecule has 2 fully saturated rings. The van der Waals surface area contributed by atoms with Gasteiger partial charge in [-0.2, -0.15) is 5.26 Å². The number of rotatable bonds is 4. The SMILES string of the molecule is N#CC1CCCCC1N(CCO)C1CCCC1. The van der Waals surface area contributed by atoms with Crippen LogP contribution in [0.1, 0.15) is 51.4 Å². The summed E-state index contributed by atoms with van der Waals surface area (Å²) in [6.45, 7) is 0.985. The minimum Gasteiger partial charge on any atom is -0.395 e. The van der Waals surface area contributed by atoms with E-state index in [1.165, 1.54) is 38.5 Å². The van der Waals surface area contributed by atoms with Crippen molar-refractivity contribution in [3.05, 3.63) is 0 Å². The van der Waals surface area contributed by atoms with Crippen LogP contribution in [-0.2, 0) is 0 Å². The predicted molar refractivity (Wildman–Crippen MR) is 67.4 cm³/mol. The Morgan fingerprint density at radius 3 is 2.35 bits per heavy atom. The second kappa shape index (κ2) is 6.37. The van der Waals surface area contributed by atoms with Gasteiger partial charge in [0.05, 0.1) is 18.6 Å². The lowest BCUT2D eigenvalue weighted by molar-refractivity contribution is 0.0637. The molecule has 3 heteroatoms. The maximum atomic E-state index is 9.28. The van der Waals surface area contributed by atoms with Crippen LogP contribution in [0.2, 0.25) is 0 Å². The molecule has 2 unspecified atom stereocenters. The topological polar surface area (TPSA) is 47.3 Å². The number of aliphatic hydroxyl groups is 1. The molecule has 0 bridgehead atoms. The number of aliphatic hydroxyl groups excluding tert-OH is 1. The Balaban J connectivity index is 2.04. The molecule has 0 spiro atoms. The molecule has 2 rings (SSSR count). The summed E-state index contributed by atoms with van der Waals surface area (Å²) in [5, 5.41) is 18.5. The maximum Gasteiger partial charge on any atom is 0.0672 e. The van der Waals surface area contributed by atoms with Gasteiger partial charge in [-0.15, -0.1) is 0 Å². The van der Waals surface area contributed by atoms with Crippen LogP contribution in [0.5, 0.6) is 0 Å². The Kier molecular flexibility index (Phi) is 4.82. The third kappa shape index (κ3) is 3.00. The molecule has 0 heterocycles. The van der Waals surface area contributed by atoms with Gasteiger partial charge >= 0.3 is 0 Å². The van der Waals surface area contributed by atoms with E-state index in [2.05, 4.69) is 11.0 Å². The van der Waals surface area contributed by atoms with E-state index in [0.29, 0.717) is 12.1 Å². The first-order valence-corrected chi connectivity index (χ1v) is 7.13. The Morgan fingerprint density at radius 1 is 1.06 bits per heavy atom. The maximum absolute atomic E-state index is 9.28. The third-order valence-electron chi connectivity index (χ3n) is 4.47. The Labute approximate surface area is 104 Å². The van der Waals surface area contributed by atoms with Crippen LogP contribution in [0.3, 0.4) is 0 Å². The fourth-order valence-electron chi connectivity index (χ4n) is 3.63. The Morgan fingerprint density at radius 2 is 1.71 bits per heavy atom. The summed E-state index contributed by atoms with van der Waals surface area (Å²) in [6, 6.07) is 3.53. The fraction of sp³-hybridized carbons (Fsp3) is 0.929. The van der Waals surface area contributed by atoms with Gasteiger partial charge in [0.1, 0.15) is 0 Å². The minimum absolute atomic E-state index is 0.191. The van der Waals surface area contributed by atoms with Crippen LogP contribution < -0.4 is 0 Å². The number of nitrogens with zero attached hydrogens (tertiary/aromatic N) is 2. The quantitative estimate of drug-likeness (QED) is 0.814. The van der Waals surface area contributed by atoms with Crippen LogP contribution in [0, 0.1) is 17.2 Å². The van der Waals surface area contributed by atoms with Gasteiger partial charge in [-0.1, -0.05) is 25.7 Å². The summed E-state index contributed by atoms with van der Waals surface area (Å²) in [7, 11) is 0. The molecule has 96 valence electrons. The summed E-state index contributed by atoms with van der Waals surface area (Å²) >= 11 is 0. The van der Waals surface area contributed by atoms with Gasteiger partial charge in [0.2, 0.25) is 0 Å². The van der Waals surface area contributed by atoms with Crippen LogP contribution in [-0.4, -0.2) is 35.2 Å². The van der Waals surface area contributed by atoms with E-state index in [0.717, 1.165) is 19.4 Å². The van der Waals surface area contributed by atoms with Crippen molar-refractivity contribution >= 4 is 0 Å². The first kappa shape index (κ1) is 12.9. The van der Waals surface area contributed by atoms with E-state index in [4.69, 9.17) is 0 Å². The molecule has 1 N–H and O–H groups in total. The van der Waals surface area contributed by atoms with Crippen molar-refractivity contribution in [1.29, 1.82) is 5.26 Å². The largest absolute Gasteiger partial charge is 0.395 e. The highest BCUT2D eigenvalue weighted by Gasteiger charge is 2.34. The molecule has 0 aromatic heterocycles. The van der Waals surface area contributed by atoms with E-state index in [-0.39, 0.29) is 12.5 Å². The van der Waals surface area contributed by atoms with Gasteiger partial charge in [-0.05, 0) is 25.7 Å².